The Labute approximate surface area is 45.5 Å². The fraction of sp³-hybridized carbons (Fsp3) is 1.00. The third-order valence-electron chi connectivity index (χ3n) is 0.272. The molecule has 5 heteroatoms. The van der Waals surface area contributed by atoms with Crippen LogP contribution in [0.1, 0.15) is 0 Å². The predicted octanol–water partition coefficient (Wildman–Crippen LogP) is -0.731. The largest absolute Gasteiger partial charge is 0.599 e. The minimum atomic E-state index is 0.412. The molecule has 4 nitrogen and oxygen atoms in total. The normalized spacial score (nSPS) is 9.86. The first kappa shape index (κ1) is 6.55. The SMILES string of the molecule is CSCO/N=[NH+]\[O-]. The van der Waals surface area contributed by atoms with Crippen LogP contribution in [0.2, 0.25) is 0 Å². The first-order chi connectivity index (χ1) is 3.41. The topological polar surface area (TPSA) is 58.6 Å². The maximum Gasteiger partial charge on any atom is 0.198 e. The maximum atomic E-state index is 9.25. The van der Waals surface area contributed by atoms with E-state index in [1.807, 2.05) is 6.26 Å². The van der Waals surface area contributed by atoms with Crippen LogP contribution in [0.25, 0.3) is 0 Å². The third kappa shape index (κ3) is 5.55. The molecule has 0 aliphatic rings. The van der Waals surface area contributed by atoms with Crippen LogP contribution in [0.4, 0.5) is 0 Å². The summed E-state index contributed by atoms with van der Waals surface area (Å²) in [5, 5.41) is 13.3. The van der Waals surface area contributed by atoms with Crippen molar-refractivity contribution < 1.29 is 10.1 Å². The predicted molar refractivity (Wildman–Crippen MR) is 26.2 cm³/mol. The molecule has 0 bridgehead atoms. The number of rotatable bonds is 3. The lowest BCUT2D eigenvalue weighted by Gasteiger charge is -1.85. The molecule has 42 valence electrons. The Morgan fingerprint density at radius 2 is 2.71 bits per heavy atom. The van der Waals surface area contributed by atoms with E-state index in [2.05, 4.69) is 10.1 Å². The van der Waals surface area contributed by atoms with Crippen molar-refractivity contribution in [2.24, 2.45) is 5.28 Å². The number of nitrogens with zero attached hydrogens (tertiary/aromatic N) is 1. The van der Waals surface area contributed by atoms with Gasteiger partial charge in [-0.2, -0.15) is 0 Å². The zero-order valence-corrected chi connectivity index (χ0v) is 4.70. The van der Waals surface area contributed by atoms with Crippen LogP contribution in [0.3, 0.4) is 0 Å². The summed E-state index contributed by atoms with van der Waals surface area (Å²) in [6.07, 6.45) is 1.85. The molecule has 0 aliphatic heterocycles. The molecule has 0 heterocycles. The van der Waals surface area contributed by atoms with Crippen LogP contribution < -0.4 is 5.28 Å². The maximum absolute atomic E-state index is 9.25. The second-order valence-electron chi connectivity index (χ2n) is 0.718. The Kier molecular flexibility index (Phi) is 5.19. The number of hydrogen-bond donors (Lipinski definition) is 1. The number of nitrogens with one attached hydrogen (secondary N) is 1. The molecular weight excluding hydrogens is 116 g/mol. The lowest BCUT2D eigenvalue weighted by Crippen LogP contribution is -2.56. The van der Waals surface area contributed by atoms with Crippen molar-refractivity contribution in [3.05, 3.63) is 5.21 Å². The molecular formula is C2H6N2O2S. The van der Waals surface area contributed by atoms with Crippen molar-refractivity contribution in [2.75, 3.05) is 12.2 Å². The Morgan fingerprint density at radius 1 is 2.00 bits per heavy atom. The van der Waals surface area contributed by atoms with E-state index in [1.54, 1.807) is 0 Å². The summed E-state index contributed by atoms with van der Waals surface area (Å²) < 4.78 is 0. The van der Waals surface area contributed by atoms with Gasteiger partial charge >= 0.3 is 0 Å². The first-order valence-corrected chi connectivity index (χ1v) is 2.99. The number of thioether (sulfide) groups is 1. The molecule has 0 aromatic heterocycles. The van der Waals surface area contributed by atoms with E-state index in [0.29, 0.717) is 5.94 Å². The van der Waals surface area contributed by atoms with Gasteiger partial charge in [0.1, 0.15) is 0 Å². The van der Waals surface area contributed by atoms with Gasteiger partial charge < -0.3 is 10.0 Å². The fourth-order valence-corrected chi connectivity index (χ4v) is 0.264. The van der Waals surface area contributed by atoms with Crippen molar-refractivity contribution in [2.45, 2.75) is 0 Å². The lowest BCUT2D eigenvalue weighted by atomic mass is 11.7. The van der Waals surface area contributed by atoms with Gasteiger partial charge in [0.15, 0.2) is 11.2 Å². The van der Waals surface area contributed by atoms with Crippen molar-refractivity contribution in [3.63, 3.8) is 0 Å². The van der Waals surface area contributed by atoms with E-state index < -0.39 is 0 Å². The Hall–Kier alpha value is -0.450. The summed E-state index contributed by atoms with van der Waals surface area (Å²) in [6.45, 7) is 0. The zero-order chi connectivity index (χ0) is 5.54. The summed E-state index contributed by atoms with van der Waals surface area (Å²) >= 11 is 1.45. The molecule has 0 unspecified atom stereocenters. The molecule has 0 spiro atoms. The lowest BCUT2D eigenvalue weighted by molar-refractivity contribution is -0.494. The Bertz CT molecular complexity index is 57.7. The quantitative estimate of drug-likeness (QED) is 0.232. The summed E-state index contributed by atoms with van der Waals surface area (Å²) in [6, 6.07) is 0. The Balaban J connectivity index is 2.69. The molecule has 0 rings (SSSR count). The van der Waals surface area contributed by atoms with Gasteiger partial charge in [-0.05, 0) is 6.26 Å². The highest BCUT2D eigenvalue weighted by Gasteiger charge is 1.75. The van der Waals surface area contributed by atoms with Crippen LogP contribution in [-0.4, -0.2) is 12.2 Å². The van der Waals surface area contributed by atoms with Gasteiger partial charge in [-0.1, -0.05) is 5.28 Å². The summed E-state index contributed by atoms with van der Waals surface area (Å²) in [5.74, 6) is 0.412. The fourth-order valence-electron chi connectivity index (χ4n) is 0.105. The standard InChI is InChI=1S/C2H6N2O2S/c1-7-2-6-4-3-5/h3H,2H2,1H3. The first-order valence-electron chi connectivity index (χ1n) is 1.60. The minimum Gasteiger partial charge on any atom is -0.599 e. The van der Waals surface area contributed by atoms with Gasteiger partial charge in [0.2, 0.25) is 0 Å². The van der Waals surface area contributed by atoms with Gasteiger partial charge in [-0.15, -0.1) is 11.8 Å². The Morgan fingerprint density at radius 3 is 3.14 bits per heavy atom. The molecule has 1 N–H and O–H groups in total. The van der Waals surface area contributed by atoms with E-state index in [1.165, 1.54) is 17.0 Å². The molecule has 0 aromatic rings. The van der Waals surface area contributed by atoms with Gasteiger partial charge in [-0.25, -0.2) is 0 Å². The van der Waals surface area contributed by atoms with Crippen molar-refractivity contribution in [3.8, 4) is 0 Å². The zero-order valence-electron chi connectivity index (χ0n) is 3.88. The molecule has 0 fully saturated rings. The monoisotopic (exact) mass is 122 g/mol. The number of hydrogen-bond acceptors (Lipinski definition) is 4. The molecule has 0 radical (unpaired) electrons. The van der Waals surface area contributed by atoms with Crippen molar-refractivity contribution in [1.29, 1.82) is 0 Å². The summed E-state index contributed by atoms with van der Waals surface area (Å²) in [5.41, 5.74) is 0. The van der Waals surface area contributed by atoms with E-state index in [-0.39, 0.29) is 0 Å². The van der Waals surface area contributed by atoms with Crippen molar-refractivity contribution >= 4 is 11.8 Å². The van der Waals surface area contributed by atoms with Crippen LogP contribution in [0.5, 0.6) is 0 Å². The molecule has 0 amide bonds. The second-order valence-corrected chi connectivity index (χ2v) is 1.53. The molecule has 7 heavy (non-hydrogen) atoms. The van der Waals surface area contributed by atoms with Crippen LogP contribution in [0.15, 0.2) is 5.28 Å². The van der Waals surface area contributed by atoms with Crippen LogP contribution >= 0.6 is 11.8 Å². The molecule has 0 aromatic carbocycles. The average Bonchev–Trinajstić information content (AvgIpc) is 1.69. The third-order valence-corrected chi connectivity index (χ3v) is 0.613. The van der Waals surface area contributed by atoms with E-state index in [0.717, 1.165) is 0 Å². The highest BCUT2D eigenvalue weighted by Crippen LogP contribution is 1.89. The highest BCUT2D eigenvalue weighted by atomic mass is 32.2. The molecule has 0 saturated heterocycles. The van der Waals surface area contributed by atoms with Gasteiger partial charge in [0.05, 0.1) is 0 Å². The summed E-state index contributed by atoms with van der Waals surface area (Å²) in [4.78, 5) is 4.30. The second kappa shape index (κ2) is 5.55. The smallest absolute Gasteiger partial charge is 0.198 e. The van der Waals surface area contributed by atoms with Gasteiger partial charge in [0.25, 0.3) is 0 Å². The molecule has 0 saturated carbocycles. The van der Waals surface area contributed by atoms with E-state index in [9.17, 15) is 5.21 Å². The van der Waals surface area contributed by atoms with Crippen molar-refractivity contribution in [1.82, 2.24) is 0 Å². The van der Waals surface area contributed by atoms with E-state index >= 15 is 0 Å². The van der Waals surface area contributed by atoms with Crippen LogP contribution in [-0.2, 0) is 4.84 Å². The highest BCUT2D eigenvalue weighted by molar-refractivity contribution is 7.98. The molecule has 0 atom stereocenters. The van der Waals surface area contributed by atoms with Gasteiger partial charge in [0, 0.05) is 0 Å². The average molecular weight is 122 g/mol. The summed E-state index contributed by atoms with van der Waals surface area (Å²) in [7, 11) is 0. The minimum absolute atomic E-state index is 0.412. The molecule has 0 aliphatic carbocycles. The van der Waals surface area contributed by atoms with E-state index in [4.69, 9.17) is 0 Å². The van der Waals surface area contributed by atoms with Gasteiger partial charge in [-0.3, -0.25) is 0 Å². The van der Waals surface area contributed by atoms with Crippen LogP contribution in [0, 0.1) is 5.21 Å².